The van der Waals surface area contributed by atoms with Gasteiger partial charge in [0.25, 0.3) is 5.56 Å². The molecular formula is C25H24FIN4O2. The van der Waals surface area contributed by atoms with Gasteiger partial charge in [-0.05, 0) is 64.4 Å². The Morgan fingerprint density at radius 2 is 2.03 bits per heavy atom. The highest BCUT2D eigenvalue weighted by Crippen LogP contribution is 2.31. The molecular weight excluding hydrogens is 534 g/mol. The Morgan fingerprint density at radius 1 is 1.21 bits per heavy atom. The minimum Gasteiger partial charge on any atom is -0.378 e. The summed E-state index contributed by atoms with van der Waals surface area (Å²) in [6.45, 7) is 5.12. The number of nitrogens with one attached hydrogen (secondary N) is 1. The maximum absolute atomic E-state index is 13.7. The normalized spacial score (nSPS) is 15.2. The molecule has 1 unspecified atom stereocenters. The Bertz CT molecular complexity index is 1360. The monoisotopic (exact) mass is 558 g/mol. The van der Waals surface area contributed by atoms with Gasteiger partial charge in [0, 0.05) is 46.1 Å². The number of H-pyrrole nitrogens is 1. The third kappa shape index (κ3) is 4.29. The van der Waals surface area contributed by atoms with E-state index in [1.54, 1.807) is 16.7 Å². The SMILES string of the molecule is CCC(c1ccc(F)c(I)c1)n1ccc(-c2c[nH]c3ncc(N4CCOCC4)cc23)cc1=O. The minimum absolute atomic E-state index is 0.0923. The Kier molecular flexibility index (Phi) is 6.20. The molecule has 0 spiro atoms. The number of pyridine rings is 2. The molecule has 0 saturated carbocycles. The van der Waals surface area contributed by atoms with Gasteiger partial charge in [0.1, 0.15) is 11.5 Å². The van der Waals surface area contributed by atoms with Crippen LogP contribution in [-0.2, 0) is 4.74 Å². The van der Waals surface area contributed by atoms with E-state index in [9.17, 15) is 9.18 Å². The van der Waals surface area contributed by atoms with Crippen molar-refractivity contribution >= 4 is 39.3 Å². The minimum atomic E-state index is -0.249. The van der Waals surface area contributed by atoms with Crippen molar-refractivity contribution in [2.24, 2.45) is 0 Å². The fourth-order valence-electron chi connectivity index (χ4n) is 4.45. The zero-order chi connectivity index (χ0) is 22.9. The fraction of sp³-hybridized carbons (Fsp3) is 0.280. The van der Waals surface area contributed by atoms with Gasteiger partial charge < -0.3 is 19.2 Å². The lowest BCUT2D eigenvalue weighted by molar-refractivity contribution is 0.122. The molecule has 0 aliphatic carbocycles. The standard InChI is InChI=1S/C25H24FIN4O2/c1-2-23(17-3-4-21(26)22(27)11-17)31-6-5-16(12-24(31)32)20-15-29-25-19(20)13-18(14-28-25)30-7-9-33-10-8-30/h3-6,11-15,23H,2,7-10H2,1H3,(H,28,29). The summed E-state index contributed by atoms with van der Waals surface area (Å²) < 4.78 is 21.5. The first-order valence-electron chi connectivity index (χ1n) is 11.0. The van der Waals surface area contributed by atoms with Crippen molar-refractivity contribution in [1.82, 2.24) is 14.5 Å². The van der Waals surface area contributed by atoms with E-state index in [-0.39, 0.29) is 17.4 Å². The molecule has 5 rings (SSSR count). The van der Waals surface area contributed by atoms with E-state index in [4.69, 9.17) is 4.74 Å². The van der Waals surface area contributed by atoms with Crippen LogP contribution in [-0.4, -0.2) is 40.8 Å². The lowest BCUT2D eigenvalue weighted by atomic mass is 10.0. The van der Waals surface area contributed by atoms with Crippen molar-refractivity contribution in [1.29, 1.82) is 0 Å². The highest BCUT2D eigenvalue weighted by molar-refractivity contribution is 14.1. The number of anilines is 1. The van der Waals surface area contributed by atoms with Crippen molar-refractivity contribution in [3.8, 4) is 11.1 Å². The van der Waals surface area contributed by atoms with Gasteiger partial charge in [0.15, 0.2) is 0 Å². The molecule has 1 fully saturated rings. The molecule has 0 bridgehead atoms. The number of hydrogen-bond donors (Lipinski definition) is 1. The van der Waals surface area contributed by atoms with E-state index in [0.29, 0.717) is 16.8 Å². The number of fused-ring (bicyclic) bond motifs is 1. The first-order valence-corrected chi connectivity index (χ1v) is 12.1. The summed E-state index contributed by atoms with van der Waals surface area (Å²) in [5, 5.41) is 0.983. The van der Waals surface area contributed by atoms with Crippen LogP contribution in [0.4, 0.5) is 10.1 Å². The van der Waals surface area contributed by atoms with Crippen LogP contribution in [0.3, 0.4) is 0 Å². The van der Waals surface area contributed by atoms with E-state index in [1.807, 2.05) is 60.2 Å². The van der Waals surface area contributed by atoms with Crippen LogP contribution >= 0.6 is 22.6 Å². The van der Waals surface area contributed by atoms with Crippen molar-refractivity contribution in [2.75, 3.05) is 31.2 Å². The van der Waals surface area contributed by atoms with Crippen LogP contribution in [0.1, 0.15) is 24.9 Å². The van der Waals surface area contributed by atoms with Gasteiger partial charge in [-0.15, -0.1) is 0 Å². The van der Waals surface area contributed by atoms with Crippen LogP contribution in [0.2, 0.25) is 0 Å². The molecule has 33 heavy (non-hydrogen) atoms. The molecule has 0 amide bonds. The molecule has 170 valence electrons. The third-order valence-electron chi connectivity index (χ3n) is 6.20. The number of morpholine rings is 1. The molecule has 8 heteroatoms. The summed E-state index contributed by atoms with van der Waals surface area (Å²) in [5.74, 6) is -0.249. The van der Waals surface area contributed by atoms with Crippen LogP contribution in [0.5, 0.6) is 0 Å². The predicted molar refractivity (Wildman–Crippen MR) is 136 cm³/mol. The number of benzene rings is 1. The second-order valence-corrected chi connectivity index (χ2v) is 9.31. The average Bonchev–Trinajstić information content (AvgIpc) is 3.26. The Labute approximate surface area is 204 Å². The van der Waals surface area contributed by atoms with Crippen molar-refractivity contribution in [2.45, 2.75) is 19.4 Å². The van der Waals surface area contributed by atoms with E-state index in [1.165, 1.54) is 6.07 Å². The molecule has 0 radical (unpaired) electrons. The van der Waals surface area contributed by atoms with Gasteiger partial charge in [-0.3, -0.25) is 4.79 Å². The number of hydrogen-bond acceptors (Lipinski definition) is 4. The first-order chi connectivity index (χ1) is 16.0. The van der Waals surface area contributed by atoms with Gasteiger partial charge >= 0.3 is 0 Å². The average molecular weight is 558 g/mol. The molecule has 1 aliphatic heterocycles. The molecule has 6 nitrogen and oxygen atoms in total. The Hall–Kier alpha value is -2.72. The van der Waals surface area contributed by atoms with Gasteiger partial charge in [-0.2, -0.15) is 0 Å². The van der Waals surface area contributed by atoms with Crippen LogP contribution in [0, 0.1) is 9.39 Å². The highest BCUT2D eigenvalue weighted by atomic mass is 127. The van der Waals surface area contributed by atoms with Crippen molar-refractivity contribution in [3.63, 3.8) is 0 Å². The Morgan fingerprint density at radius 3 is 2.76 bits per heavy atom. The lowest BCUT2D eigenvalue weighted by Gasteiger charge is -2.28. The van der Waals surface area contributed by atoms with Crippen LogP contribution in [0.25, 0.3) is 22.2 Å². The third-order valence-corrected chi connectivity index (χ3v) is 7.03. The molecule has 1 aliphatic rings. The summed E-state index contributed by atoms with van der Waals surface area (Å²) in [5.41, 5.74) is 4.46. The maximum atomic E-state index is 13.7. The smallest absolute Gasteiger partial charge is 0.251 e. The summed E-state index contributed by atoms with van der Waals surface area (Å²) in [6.07, 6.45) is 6.34. The molecule has 1 atom stereocenters. The predicted octanol–water partition coefficient (Wildman–Crippen LogP) is 4.97. The number of aromatic nitrogens is 3. The van der Waals surface area contributed by atoms with Crippen LogP contribution < -0.4 is 10.5 Å². The lowest BCUT2D eigenvalue weighted by Crippen LogP contribution is -2.36. The van der Waals surface area contributed by atoms with Gasteiger partial charge in [-0.1, -0.05) is 13.0 Å². The molecule has 4 aromatic rings. The maximum Gasteiger partial charge on any atom is 0.251 e. The number of rotatable bonds is 5. The zero-order valence-electron chi connectivity index (χ0n) is 18.2. The van der Waals surface area contributed by atoms with E-state index in [2.05, 4.69) is 20.9 Å². The number of aromatic amines is 1. The van der Waals surface area contributed by atoms with Gasteiger partial charge in [0.05, 0.1) is 31.1 Å². The molecule has 1 saturated heterocycles. The zero-order valence-corrected chi connectivity index (χ0v) is 20.4. The molecule has 4 heterocycles. The van der Waals surface area contributed by atoms with E-state index in [0.717, 1.165) is 52.9 Å². The molecule has 3 aromatic heterocycles. The quantitative estimate of drug-likeness (QED) is 0.352. The summed E-state index contributed by atoms with van der Waals surface area (Å²) in [4.78, 5) is 23.2. The first kappa shape index (κ1) is 22.1. The fourth-order valence-corrected chi connectivity index (χ4v) is 4.99. The van der Waals surface area contributed by atoms with Crippen molar-refractivity contribution in [3.05, 3.63) is 80.3 Å². The topological polar surface area (TPSA) is 63.1 Å². The second-order valence-electron chi connectivity index (χ2n) is 8.15. The number of ether oxygens (including phenoxy) is 1. The molecule has 1 aromatic carbocycles. The van der Waals surface area contributed by atoms with Crippen molar-refractivity contribution < 1.29 is 9.13 Å². The van der Waals surface area contributed by atoms with Gasteiger partial charge in [0.2, 0.25) is 0 Å². The largest absolute Gasteiger partial charge is 0.378 e. The number of nitrogens with zero attached hydrogens (tertiary/aromatic N) is 3. The van der Waals surface area contributed by atoms with E-state index >= 15 is 0 Å². The molecule has 1 N–H and O–H groups in total. The summed E-state index contributed by atoms with van der Waals surface area (Å²) in [7, 11) is 0. The Balaban J connectivity index is 1.51. The summed E-state index contributed by atoms with van der Waals surface area (Å²) in [6, 6.07) is 10.6. The van der Waals surface area contributed by atoms with Crippen LogP contribution in [0.15, 0.2) is 59.8 Å². The highest BCUT2D eigenvalue weighted by Gasteiger charge is 2.17. The van der Waals surface area contributed by atoms with E-state index < -0.39 is 0 Å². The number of halogens is 2. The summed E-state index contributed by atoms with van der Waals surface area (Å²) >= 11 is 1.98. The second kappa shape index (κ2) is 9.26. The van der Waals surface area contributed by atoms with Gasteiger partial charge in [-0.25, -0.2) is 9.37 Å².